The summed E-state index contributed by atoms with van der Waals surface area (Å²) >= 11 is 0. The second-order valence-corrected chi connectivity index (χ2v) is 4.78. The molecule has 0 heterocycles. The highest BCUT2D eigenvalue weighted by molar-refractivity contribution is 5.85. The number of Topliss-reactive ketones (excluding diaryl/α,β-unsaturated/α-hetero) is 1. The van der Waals surface area contributed by atoms with Gasteiger partial charge in [0, 0.05) is 12.8 Å². The molecule has 0 N–H and O–H groups in total. The molecule has 1 unspecified atom stereocenters. The van der Waals surface area contributed by atoms with Crippen LogP contribution in [0.15, 0.2) is 24.3 Å². The molecule has 1 aromatic rings. The van der Waals surface area contributed by atoms with Crippen LogP contribution in [0.2, 0.25) is 0 Å². The average Bonchev–Trinajstić information content (AvgIpc) is 2.27. The summed E-state index contributed by atoms with van der Waals surface area (Å²) in [7, 11) is 0. The number of benzene rings is 1. The first-order valence-corrected chi connectivity index (χ1v) is 6.08. The van der Waals surface area contributed by atoms with E-state index < -0.39 is 0 Å². The second kappa shape index (κ2) is 4.02. The molecule has 2 heteroatoms. The zero-order valence-corrected chi connectivity index (χ0v) is 9.32. The molecule has 3 rings (SSSR count). The minimum Gasteiger partial charge on any atom is -0.369 e. The molecule has 1 saturated carbocycles. The van der Waals surface area contributed by atoms with Gasteiger partial charge in [0.1, 0.15) is 5.78 Å². The van der Waals surface area contributed by atoms with Gasteiger partial charge >= 0.3 is 0 Å². The van der Waals surface area contributed by atoms with Gasteiger partial charge in [0.15, 0.2) is 0 Å². The van der Waals surface area contributed by atoms with E-state index in [2.05, 4.69) is 24.3 Å². The zero-order valence-electron chi connectivity index (χ0n) is 9.32. The molecule has 84 valence electrons. The zero-order chi connectivity index (χ0) is 11.0. The summed E-state index contributed by atoms with van der Waals surface area (Å²) in [5.74, 6) is 0.342. The number of fused-ring (bicyclic) bond motifs is 1. The van der Waals surface area contributed by atoms with Crippen molar-refractivity contribution >= 4 is 5.78 Å². The van der Waals surface area contributed by atoms with Crippen molar-refractivity contribution in [2.45, 2.75) is 44.3 Å². The van der Waals surface area contributed by atoms with Crippen LogP contribution >= 0.6 is 0 Å². The molecule has 1 fully saturated rings. The van der Waals surface area contributed by atoms with Crippen LogP contribution in [0.3, 0.4) is 0 Å². The largest absolute Gasteiger partial charge is 0.369 e. The maximum Gasteiger partial charge on any atom is 0.138 e. The van der Waals surface area contributed by atoms with E-state index in [1.165, 1.54) is 24.0 Å². The Kier molecular flexibility index (Phi) is 2.52. The summed E-state index contributed by atoms with van der Waals surface area (Å²) in [6.07, 6.45) is 5.12. The molecule has 0 aliphatic heterocycles. The highest BCUT2D eigenvalue weighted by Gasteiger charge is 2.31. The Hall–Kier alpha value is -1.15. The first kappa shape index (κ1) is 10.0. The van der Waals surface area contributed by atoms with Crippen molar-refractivity contribution in [1.29, 1.82) is 0 Å². The molecule has 0 aromatic heterocycles. The van der Waals surface area contributed by atoms with Crippen molar-refractivity contribution in [3.05, 3.63) is 35.4 Å². The lowest BCUT2D eigenvalue weighted by Gasteiger charge is -2.32. The Morgan fingerprint density at radius 1 is 1.19 bits per heavy atom. The maximum atomic E-state index is 10.9. The molecule has 2 aliphatic carbocycles. The van der Waals surface area contributed by atoms with Crippen LogP contribution < -0.4 is 0 Å². The van der Waals surface area contributed by atoms with Gasteiger partial charge in [-0.1, -0.05) is 24.3 Å². The van der Waals surface area contributed by atoms with Crippen molar-refractivity contribution in [3.63, 3.8) is 0 Å². The molecular weight excluding hydrogens is 200 g/mol. The minimum absolute atomic E-state index is 0.184. The summed E-state index contributed by atoms with van der Waals surface area (Å²) in [5, 5.41) is 0. The normalized spacial score (nSPS) is 25.0. The summed E-state index contributed by atoms with van der Waals surface area (Å²) in [6.45, 7) is 0. The lowest BCUT2D eigenvalue weighted by atomic mass is 9.88. The van der Waals surface area contributed by atoms with Crippen molar-refractivity contribution in [3.8, 4) is 0 Å². The van der Waals surface area contributed by atoms with Crippen LogP contribution in [0, 0.1) is 0 Å². The first-order valence-electron chi connectivity index (χ1n) is 6.08. The fourth-order valence-corrected chi connectivity index (χ4v) is 2.63. The van der Waals surface area contributed by atoms with Crippen LogP contribution in [0.1, 0.15) is 42.9 Å². The van der Waals surface area contributed by atoms with E-state index >= 15 is 0 Å². The Morgan fingerprint density at radius 3 is 2.81 bits per heavy atom. The van der Waals surface area contributed by atoms with Gasteiger partial charge in [-0.3, -0.25) is 4.79 Å². The maximum absolute atomic E-state index is 10.9. The lowest BCUT2D eigenvalue weighted by Crippen LogP contribution is -2.33. The minimum atomic E-state index is 0.184. The van der Waals surface area contributed by atoms with E-state index in [1.54, 1.807) is 0 Å². The van der Waals surface area contributed by atoms with Crippen molar-refractivity contribution in [2.75, 3.05) is 0 Å². The number of ether oxygens (including phenoxy) is 1. The van der Waals surface area contributed by atoms with E-state index in [-0.39, 0.29) is 12.2 Å². The van der Waals surface area contributed by atoms with E-state index in [1.807, 2.05) is 0 Å². The van der Waals surface area contributed by atoms with Crippen LogP contribution in [0.5, 0.6) is 0 Å². The number of hydrogen-bond donors (Lipinski definition) is 0. The number of carbonyl (C=O) groups is 1. The van der Waals surface area contributed by atoms with Crippen molar-refractivity contribution < 1.29 is 9.53 Å². The number of carbonyl (C=O) groups excluding carboxylic acids is 1. The fraction of sp³-hybridized carbons (Fsp3) is 0.500. The number of hydrogen-bond acceptors (Lipinski definition) is 2. The molecule has 0 radical (unpaired) electrons. The van der Waals surface area contributed by atoms with Crippen LogP contribution in [-0.2, 0) is 16.0 Å². The Bertz CT molecular complexity index is 403. The van der Waals surface area contributed by atoms with E-state index in [9.17, 15) is 4.79 Å². The Balaban J connectivity index is 1.74. The molecule has 0 amide bonds. The first-order chi connectivity index (χ1) is 7.83. The predicted molar refractivity (Wildman–Crippen MR) is 61.2 cm³/mol. The monoisotopic (exact) mass is 216 g/mol. The molecular formula is C14H16O2. The van der Waals surface area contributed by atoms with Gasteiger partial charge in [0.2, 0.25) is 0 Å². The van der Waals surface area contributed by atoms with Gasteiger partial charge in [-0.25, -0.2) is 0 Å². The highest BCUT2D eigenvalue weighted by Crippen LogP contribution is 2.35. The molecule has 2 aliphatic rings. The molecule has 0 bridgehead atoms. The topological polar surface area (TPSA) is 26.3 Å². The average molecular weight is 216 g/mol. The van der Waals surface area contributed by atoms with Gasteiger partial charge in [0.05, 0.1) is 12.2 Å². The third kappa shape index (κ3) is 1.78. The van der Waals surface area contributed by atoms with Gasteiger partial charge in [-0.15, -0.1) is 0 Å². The predicted octanol–water partition coefficient (Wildman–Crippen LogP) is 2.81. The summed E-state index contributed by atoms with van der Waals surface area (Å²) in [4.78, 5) is 10.9. The standard InChI is InChI=1S/C14H16O2/c15-11-8-12(9-11)16-14-7-3-5-10-4-1-2-6-13(10)14/h1-2,4,6,12,14H,3,5,7-9H2. The highest BCUT2D eigenvalue weighted by atomic mass is 16.5. The third-order valence-corrected chi connectivity index (χ3v) is 3.58. The van der Waals surface area contributed by atoms with E-state index in [4.69, 9.17) is 4.74 Å². The fourth-order valence-electron chi connectivity index (χ4n) is 2.63. The molecule has 1 atom stereocenters. The van der Waals surface area contributed by atoms with Crippen LogP contribution in [0.4, 0.5) is 0 Å². The Labute approximate surface area is 95.6 Å². The third-order valence-electron chi connectivity index (χ3n) is 3.58. The molecule has 1 aromatic carbocycles. The molecule has 2 nitrogen and oxygen atoms in total. The summed E-state index contributed by atoms with van der Waals surface area (Å²) < 4.78 is 6.00. The van der Waals surface area contributed by atoms with Gasteiger partial charge in [0.25, 0.3) is 0 Å². The van der Waals surface area contributed by atoms with Gasteiger partial charge in [-0.2, -0.15) is 0 Å². The van der Waals surface area contributed by atoms with E-state index in [0.29, 0.717) is 18.6 Å². The lowest BCUT2D eigenvalue weighted by molar-refractivity contribution is -0.139. The van der Waals surface area contributed by atoms with Gasteiger partial charge < -0.3 is 4.74 Å². The number of aryl methyl sites for hydroxylation is 1. The van der Waals surface area contributed by atoms with E-state index in [0.717, 1.165) is 6.42 Å². The quantitative estimate of drug-likeness (QED) is 0.759. The smallest absolute Gasteiger partial charge is 0.138 e. The second-order valence-electron chi connectivity index (χ2n) is 4.78. The Morgan fingerprint density at radius 2 is 2.00 bits per heavy atom. The molecule has 0 saturated heterocycles. The molecule has 16 heavy (non-hydrogen) atoms. The van der Waals surface area contributed by atoms with Crippen molar-refractivity contribution in [2.24, 2.45) is 0 Å². The van der Waals surface area contributed by atoms with Crippen LogP contribution in [-0.4, -0.2) is 11.9 Å². The molecule has 0 spiro atoms. The number of ketones is 1. The SMILES string of the molecule is O=C1CC(OC2CCCc3ccccc32)C1. The summed E-state index contributed by atoms with van der Waals surface area (Å²) in [5.41, 5.74) is 2.76. The van der Waals surface area contributed by atoms with Crippen molar-refractivity contribution in [1.82, 2.24) is 0 Å². The summed E-state index contributed by atoms with van der Waals surface area (Å²) in [6, 6.07) is 8.52. The van der Waals surface area contributed by atoms with Crippen LogP contribution in [0.25, 0.3) is 0 Å². The number of rotatable bonds is 2. The van der Waals surface area contributed by atoms with Gasteiger partial charge in [-0.05, 0) is 30.4 Å².